The number of H-pyrrole nitrogens is 1. The van der Waals surface area contributed by atoms with Crippen molar-refractivity contribution in [3.63, 3.8) is 0 Å². The third-order valence-corrected chi connectivity index (χ3v) is 3.58. The molecule has 20 heavy (non-hydrogen) atoms. The Bertz CT molecular complexity index is 406. The minimum Gasteiger partial charge on any atom is -0.468 e. The van der Waals surface area contributed by atoms with Crippen molar-refractivity contribution in [3.8, 4) is 0 Å². The van der Waals surface area contributed by atoms with Crippen LogP contribution in [0.25, 0.3) is 0 Å². The Labute approximate surface area is 131 Å². The van der Waals surface area contributed by atoms with Crippen molar-refractivity contribution in [2.24, 2.45) is 5.73 Å². The van der Waals surface area contributed by atoms with Crippen LogP contribution in [-0.4, -0.2) is 29.1 Å². The van der Waals surface area contributed by atoms with Crippen molar-refractivity contribution in [1.82, 2.24) is 9.97 Å². The van der Waals surface area contributed by atoms with Crippen molar-refractivity contribution >= 4 is 30.8 Å². The fraction of sp³-hybridized carbons (Fsp3) is 0.692. The lowest BCUT2D eigenvalue weighted by Crippen LogP contribution is -2.33. The molecule has 5 nitrogen and oxygen atoms in total. The van der Waals surface area contributed by atoms with E-state index in [-0.39, 0.29) is 30.8 Å². The van der Waals surface area contributed by atoms with Gasteiger partial charge in [0.1, 0.15) is 11.9 Å². The summed E-state index contributed by atoms with van der Waals surface area (Å²) in [5.74, 6) is 1.20. The molecule has 3 N–H and O–H groups in total. The highest BCUT2D eigenvalue weighted by atomic mass is 35.5. The van der Waals surface area contributed by atoms with Gasteiger partial charge in [-0.15, -0.1) is 24.8 Å². The third-order valence-electron chi connectivity index (χ3n) is 3.58. The first-order valence-electron chi connectivity index (χ1n) is 6.58. The molecular formula is C13H23Cl2N3O2. The average Bonchev–Trinajstić information content (AvgIpc) is 2.87. The monoisotopic (exact) mass is 323 g/mol. The first-order valence-corrected chi connectivity index (χ1v) is 6.58. The van der Waals surface area contributed by atoms with E-state index in [4.69, 9.17) is 5.73 Å². The van der Waals surface area contributed by atoms with Gasteiger partial charge in [0.2, 0.25) is 0 Å². The second-order valence-corrected chi connectivity index (χ2v) is 4.96. The fourth-order valence-corrected chi connectivity index (χ4v) is 2.54. The normalized spacial score (nSPS) is 16.7. The standard InChI is InChI=1S/C13H21N3O2.2ClH/c1-18-13(17)11(14)7-10-8-15-12(16-10)9-5-3-2-4-6-9;;/h8-9,11H,2-7,14H2,1H3,(H,15,16);2*1H/t11-;;/m0../s1. The smallest absolute Gasteiger partial charge is 0.323 e. The molecule has 7 heteroatoms. The summed E-state index contributed by atoms with van der Waals surface area (Å²) in [6.07, 6.45) is 8.53. The maximum atomic E-state index is 11.2. The van der Waals surface area contributed by atoms with Crippen molar-refractivity contribution in [3.05, 3.63) is 17.7 Å². The average molecular weight is 324 g/mol. The Morgan fingerprint density at radius 3 is 2.70 bits per heavy atom. The number of carbonyl (C=O) groups is 1. The van der Waals surface area contributed by atoms with Crippen molar-refractivity contribution in [1.29, 1.82) is 0 Å². The quantitative estimate of drug-likeness (QED) is 0.833. The minimum atomic E-state index is -0.616. The molecule has 1 aromatic heterocycles. The molecule has 1 fully saturated rings. The molecule has 0 aromatic carbocycles. The summed E-state index contributed by atoms with van der Waals surface area (Å²) in [7, 11) is 1.35. The summed E-state index contributed by atoms with van der Waals surface area (Å²) >= 11 is 0. The molecule has 0 aliphatic heterocycles. The highest BCUT2D eigenvalue weighted by molar-refractivity contribution is 5.85. The van der Waals surface area contributed by atoms with Gasteiger partial charge < -0.3 is 15.5 Å². The van der Waals surface area contributed by atoms with Gasteiger partial charge >= 0.3 is 5.97 Å². The number of ether oxygens (including phenoxy) is 1. The SMILES string of the molecule is COC(=O)[C@@H](N)Cc1cnc(C2CCCCC2)[nH]1.Cl.Cl. The molecule has 1 atom stereocenters. The predicted molar refractivity (Wildman–Crippen MR) is 82.6 cm³/mol. The zero-order valence-corrected chi connectivity index (χ0v) is 13.3. The van der Waals surface area contributed by atoms with Crippen LogP contribution in [0.1, 0.15) is 49.5 Å². The Balaban J connectivity index is 0.00000180. The molecule has 1 aliphatic rings. The van der Waals surface area contributed by atoms with Gasteiger partial charge in [-0.2, -0.15) is 0 Å². The number of carbonyl (C=O) groups excluding carboxylic acids is 1. The Hall–Kier alpha value is -0.780. The number of methoxy groups -OCH3 is 1. The second kappa shape index (κ2) is 9.21. The number of nitrogens with two attached hydrogens (primary N) is 1. The number of halogens is 2. The number of rotatable bonds is 4. The molecule has 1 saturated carbocycles. The molecule has 1 aliphatic carbocycles. The maximum Gasteiger partial charge on any atom is 0.323 e. The lowest BCUT2D eigenvalue weighted by atomic mass is 9.89. The molecule has 116 valence electrons. The number of nitrogens with zero attached hydrogens (tertiary/aromatic N) is 1. The molecule has 0 saturated heterocycles. The van der Waals surface area contributed by atoms with Crippen LogP contribution in [0.2, 0.25) is 0 Å². The first-order chi connectivity index (χ1) is 8.70. The van der Waals surface area contributed by atoms with E-state index < -0.39 is 6.04 Å². The number of esters is 1. The number of aromatic nitrogens is 2. The van der Waals surface area contributed by atoms with Gasteiger partial charge in [0.05, 0.1) is 7.11 Å². The van der Waals surface area contributed by atoms with Crippen molar-refractivity contribution in [2.45, 2.75) is 50.5 Å². The maximum absolute atomic E-state index is 11.2. The van der Waals surface area contributed by atoms with E-state index in [0.29, 0.717) is 12.3 Å². The molecular weight excluding hydrogens is 301 g/mol. The molecule has 2 rings (SSSR count). The number of hydrogen-bond acceptors (Lipinski definition) is 4. The van der Waals surface area contributed by atoms with Crippen LogP contribution in [0.3, 0.4) is 0 Å². The Kier molecular flexibility index (Phi) is 8.85. The van der Waals surface area contributed by atoms with E-state index >= 15 is 0 Å². The van der Waals surface area contributed by atoms with Crippen LogP contribution in [0.4, 0.5) is 0 Å². The van der Waals surface area contributed by atoms with Crippen LogP contribution in [0.5, 0.6) is 0 Å². The van der Waals surface area contributed by atoms with Gasteiger partial charge in [-0.25, -0.2) is 4.98 Å². The van der Waals surface area contributed by atoms with Crippen LogP contribution in [0.15, 0.2) is 6.20 Å². The van der Waals surface area contributed by atoms with Crippen LogP contribution in [0, 0.1) is 0 Å². The van der Waals surface area contributed by atoms with Gasteiger partial charge in [-0.05, 0) is 12.8 Å². The molecule has 0 bridgehead atoms. The lowest BCUT2D eigenvalue weighted by Gasteiger charge is -2.19. The van der Waals surface area contributed by atoms with Gasteiger partial charge in [0.15, 0.2) is 0 Å². The zero-order valence-electron chi connectivity index (χ0n) is 11.6. The summed E-state index contributed by atoms with van der Waals surface area (Å²) in [5, 5.41) is 0. The van der Waals surface area contributed by atoms with Crippen LogP contribution >= 0.6 is 24.8 Å². The fourth-order valence-electron chi connectivity index (χ4n) is 2.54. The Morgan fingerprint density at radius 1 is 1.45 bits per heavy atom. The summed E-state index contributed by atoms with van der Waals surface area (Å²) in [5.41, 5.74) is 6.64. The molecule has 0 amide bonds. The highest BCUT2D eigenvalue weighted by Gasteiger charge is 2.20. The molecule has 0 radical (unpaired) electrons. The number of hydrogen-bond donors (Lipinski definition) is 2. The number of nitrogens with one attached hydrogen (secondary N) is 1. The minimum absolute atomic E-state index is 0. The van der Waals surface area contributed by atoms with Gasteiger partial charge in [-0.1, -0.05) is 19.3 Å². The lowest BCUT2D eigenvalue weighted by molar-refractivity contribution is -0.142. The van der Waals surface area contributed by atoms with E-state index in [1.807, 2.05) is 0 Å². The van der Waals surface area contributed by atoms with E-state index in [0.717, 1.165) is 11.5 Å². The predicted octanol–water partition coefficient (Wildman–Crippen LogP) is 2.34. The van der Waals surface area contributed by atoms with Crippen LogP contribution in [-0.2, 0) is 16.0 Å². The topological polar surface area (TPSA) is 81.0 Å². The summed E-state index contributed by atoms with van der Waals surface area (Å²) < 4.78 is 4.61. The number of aromatic amines is 1. The van der Waals surface area contributed by atoms with E-state index in [2.05, 4.69) is 14.7 Å². The zero-order chi connectivity index (χ0) is 13.0. The van der Waals surface area contributed by atoms with Crippen molar-refractivity contribution in [2.75, 3.05) is 7.11 Å². The molecule has 0 spiro atoms. The molecule has 0 unspecified atom stereocenters. The van der Waals surface area contributed by atoms with Gasteiger partial charge in [-0.3, -0.25) is 4.79 Å². The van der Waals surface area contributed by atoms with E-state index in [1.54, 1.807) is 6.20 Å². The van der Waals surface area contributed by atoms with Crippen LogP contribution < -0.4 is 5.73 Å². The summed E-state index contributed by atoms with van der Waals surface area (Å²) in [6.45, 7) is 0. The van der Waals surface area contributed by atoms with Crippen molar-refractivity contribution < 1.29 is 9.53 Å². The summed E-state index contributed by atoms with van der Waals surface area (Å²) in [6, 6.07) is -0.616. The number of imidazole rings is 1. The Morgan fingerprint density at radius 2 is 2.10 bits per heavy atom. The van der Waals surface area contributed by atoms with Gasteiger partial charge in [0.25, 0.3) is 0 Å². The van der Waals surface area contributed by atoms with E-state index in [1.165, 1.54) is 39.2 Å². The summed E-state index contributed by atoms with van der Waals surface area (Å²) in [4.78, 5) is 19.0. The van der Waals surface area contributed by atoms with Gasteiger partial charge in [0, 0.05) is 24.2 Å². The molecule has 1 aromatic rings. The third kappa shape index (κ3) is 4.96. The first kappa shape index (κ1) is 19.2. The molecule has 1 heterocycles. The van der Waals surface area contributed by atoms with E-state index in [9.17, 15) is 4.79 Å². The highest BCUT2D eigenvalue weighted by Crippen LogP contribution is 2.30. The largest absolute Gasteiger partial charge is 0.468 e. The second-order valence-electron chi connectivity index (χ2n) is 4.96.